The number of anilines is 3. The fraction of sp³-hybridized carbons (Fsp3) is 0.241. The average Bonchev–Trinajstić information content (AvgIpc) is 3.51. The number of hydrogen-bond donors (Lipinski definition) is 2. The van der Waals surface area contributed by atoms with Crippen LogP contribution in [-0.4, -0.2) is 34.3 Å². The minimum atomic E-state index is -1.51. The van der Waals surface area contributed by atoms with Crippen molar-refractivity contribution in [3.63, 3.8) is 0 Å². The van der Waals surface area contributed by atoms with Gasteiger partial charge in [-0.1, -0.05) is 46.4 Å². The van der Waals surface area contributed by atoms with Gasteiger partial charge in [-0.25, -0.2) is 18.5 Å². The maximum Gasteiger partial charge on any atom is 0.421 e. The van der Waals surface area contributed by atoms with Crippen LogP contribution < -0.4 is 15.5 Å². The van der Waals surface area contributed by atoms with Crippen LogP contribution >= 0.6 is 69.6 Å². The van der Waals surface area contributed by atoms with Gasteiger partial charge in [-0.3, -0.25) is 14.4 Å². The average molecular weight is 742 g/mol. The number of nitrogens with one attached hydrogen (secondary N) is 2. The van der Waals surface area contributed by atoms with Crippen molar-refractivity contribution in [1.82, 2.24) is 0 Å². The predicted octanol–water partition coefficient (Wildman–Crippen LogP) is 9.25. The Kier molecular flexibility index (Phi) is 10.2. The van der Waals surface area contributed by atoms with E-state index in [0.29, 0.717) is 17.7 Å². The van der Waals surface area contributed by atoms with Crippen molar-refractivity contribution in [3.8, 4) is 0 Å². The van der Waals surface area contributed by atoms with E-state index in [2.05, 4.69) is 10.6 Å². The maximum absolute atomic E-state index is 15.0. The molecule has 0 saturated heterocycles. The van der Waals surface area contributed by atoms with Crippen molar-refractivity contribution in [3.05, 3.63) is 85.3 Å². The Labute approximate surface area is 285 Å². The highest BCUT2D eigenvalue weighted by atomic mass is 35.5. The first-order valence-corrected chi connectivity index (χ1v) is 15.0. The van der Waals surface area contributed by atoms with Gasteiger partial charge in [0.15, 0.2) is 0 Å². The summed E-state index contributed by atoms with van der Waals surface area (Å²) in [4.78, 5) is 50.2. The lowest BCUT2D eigenvalue weighted by Gasteiger charge is -2.24. The van der Waals surface area contributed by atoms with Gasteiger partial charge in [0.2, 0.25) is 12.3 Å². The van der Waals surface area contributed by atoms with E-state index in [0.717, 1.165) is 0 Å². The van der Waals surface area contributed by atoms with Gasteiger partial charge in [0.25, 0.3) is 5.91 Å². The number of nitrogens with zero attached hydrogens (tertiary/aromatic N) is 1. The summed E-state index contributed by atoms with van der Waals surface area (Å²) in [5.41, 5.74) is -2.01. The van der Waals surface area contributed by atoms with Crippen LogP contribution in [0.2, 0.25) is 20.1 Å². The first kappa shape index (κ1) is 35.0. The number of halogens is 8. The number of imide groups is 1. The molecule has 4 rings (SSSR count). The van der Waals surface area contributed by atoms with E-state index in [4.69, 9.17) is 74.3 Å². The fourth-order valence-corrected chi connectivity index (χ4v) is 5.98. The minimum Gasteiger partial charge on any atom is -0.443 e. The molecule has 1 aliphatic carbocycles. The lowest BCUT2D eigenvalue weighted by Crippen LogP contribution is -2.36. The smallest absolute Gasteiger partial charge is 0.421 e. The second kappa shape index (κ2) is 13.1. The molecule has 45 heavy (non-hydrogen) atoms. The Hall–Kier alpha value is -2.86. The van der Waals surface area contributed by atoms with Crippen molar-refractivity contribution in [2.24, 2.45) is 5.92 Å². The molecule has 4 amide bonds. The summed E-state index contributed by atoms with van der Waals surface area (Å²) in [6.45, 7) is 4.57. The third kappa shape index (κ3) is 7.59. The van der Waals surface area contributed by atoms with Gasteiger partial charge in [0.1, 0.15) is 21.6 Å². The standard InChI is InChI=1S/C29H21Cl6F2N3O5/c1-28(2,3)45-27(44)40(11-41)21-10-18(36)20(9-19(21)37)39-25(42)14-8-13(4-5-15(14)30)38-26(43)23-22(29(23,34)35)12-6-16(31)24(33)17(32)7-12/h4-11,22-23H,1-3H3,(H,38,43)(H,39,42)/t22-,23?/m0/s1. The molecule has 3 aromatic carbocycles. The Morgan fingerprint density at radius 2 is 1.53 bits per heavy atom. The van der Waals surface area contributed by atoms with Gasteiger partial charge in [-0.2, -0.15) is 0 Å². The molecule has 1 fully saturated rings. The maximum atomic E-state index is 15.0. The molecule has 0 aliphatic heterocycles. The van der Waals surface area contributed by atoms with E-state index in [1.54, 1.807) is 0 Å². The first-order valence-electron chi connectivity index (χ1n) is 12.8. The van der Waals surface area contributed by atoms with E-state index < -0.39 is 62.7 Å². The van der Waals surface area contributed by atoms with E-state index in [1.807, 2.05) is 0 Å². The van der Waals surface area contributed by atoms with Gasteiger partial charge < -0.3 is 15.4 Å². The van der Waals surface area contributed by atoms with Gasteiger partial charge in [0, 0.05) is 23.7 Å². The molecule has 16 heteroatoms. The van der Waals surface area contributed by atoms with Gasteiger partial charge in [-0.05, 0) is 56.7 Å². The zero-order chi connectivity index (χ0) is 33.6. The zero-order valence-corrected chi connectivity index (χ0v) is 27.8. The topological polar surface area (TPSA) is 105 Å². The van der Waals surface area contributed by atoms with Crippen LogP contribution in [0.1, 0.15) is 42.6 Å². The van der Waals surface area contributed by atoms with Crippen LogP contribution in [0.3, 0.4) is 0 Å². The summed E-state index contributed by atoms with van der Waals surface area (Å²) in [5, 5.41) is 5.13. The molecule has 0 bridgehead atoms. The van der Waals surface area contributed by atoms with Crippen molar-refractivity contribution in [1.29, 1.82) is 0 Å². The van der Waals surface area contributed by atoms with Crippen LogP contribution in [0, 0.1) is 17.6 Å². The van der Waals surface area contributed by atoms with Gasteiger partial charge in [0.05, 0.1) is 42.9 Å². The Morgan fingerprint density at radius 3 is 2.11 bits per heavy atom. The van der Waals surface area contributed by atoms with Crippen molar-refractivity contribution < 1.29 is 32.7 Å². The van der Waals surface area contributed by atoms with Gasteiger partial charge >= 0.3 is 6.09 Å². The first-order chi connectivity index (χ1) is 20.8. The number of carbonyl (C=O) groups excluding carboxylic acids is 4. The van der Waals surface area contributed by atoms with E-state index >= 15 is 0 Å². The fourth-order valence-electron chi connectivity index (χ4n) is 4.34. The number of rotatable bonds is 7. The van der Waals surface area contributed by atoms with Crippen LogP contribution in [0.5, 0.6) is 0 Å². The number of ether oxygens (including phenoxy) is 1. The van der Waals surface area contributed by atoms with E-state index in [9.17, 15) is 28.0 Å². The Bertz CT molecular complexity index is 1710. The molecule has 238 valence electrons. The highest BCUT2D eigenvalue weighted by Crippen LogP contribution is 2.65. The summed E-state index contributed by atoms with van der Waals surface area (Å²) < 4.78 is 33.4. The second-order valence-electron chi connectivity index (χ2n) is 10.8. The van der Waals surface area contributed by atoms with E-state index in [1.165, 1.54) is 51.1 Å². The van der Waals surface area contributed by atoms with Crippen molar-refractivity contribution >= 4 is 111 Å². The van der Waals surface area contributed by atoms with Gasteiger partial charge in [-0.15, -0.1) is 23.2 Å². The van der Waals surface area contributed by atoms with Crippen LogP contribution in [0.15, 0.2) is 42.5 Å². The molecule has 1 aliphatic rings. The number of amides is 4. The molecule has 8 nitrogen and oxygen atoms in total. The van der Waals surface area contributed by atoms with Crippen molar-refractivity contribution in [2.75, 3.05) is 15.5 Å². The molecule has 0 radical (unpaired) electrons. The third-order valence-electron chi connectivity index (χ3n) is 6.42. The molecule has 0 spiro atoms. The minimum absolute atomic E-state index is 0.0359. The summed E-state index contributed by atoms with van der Waals surface area (Å²) in [6.07, 6.45) is -1.27. The number of alkyl halides is 2. The van der Waals surface area contributed by atoms with E-state index in [-0.39, 0.29) is 42.7 Å². The highest BCUT2D eigenvalue weighted by molar-refractivity contribution is 6.54. The van der Waals surface area contributed by atoms with Crippen molar-refractivity contribution in [2.45, 2.75) is 36.6 Å². The summed E-state index contributed by atoms with van der Waals surface area (Å²) in [6, 6.07) is 8.01. The zero-order valence-electron chi connectivity index (χ0n) is 23.3. The van der Waals surface area contributed by atoms with Crippen LogP contribution in [0.4, 0.5) is 30.6 Å². The normalized spacial score (nSPS) is 16.9. The summed E-state index contributed by atoms with van der Waals surface area (Å²) in [7, 11) is 0. The predicted molar refractivity (Wildman–Crippen MR) is 171 cm³/mol. The molecule has 0 heterocycles. The summed E-state index contributed by atoms with van der Waals surface area (Å²) in [5.74, 6) is -5.60. The molecule has 0 aromatic heterocycles. The lowest BCUT2D eigenvalue weighted by atomic mass is 10.1. The molecular formula is C29H21Cl6F2N3O5. The molecule has 2 atom stereocenters. The molecule has 2 N–H and O–H groups in total. The Balaban J connectivity index is 1.51. The number of carbonyl (C=O) groups is 4. The number of hydrogen-bond acceptors (Lipinski definition) is 5. The molecule has 1 unspecified atom stereocenters. The SMILES string of the molecule is CC(C)(C)OC(=O)N(C=O)c1cc(F)c(NC(=O)c2cc(NC(=O)C3[C@H](c4cc(Cl)c(Cl)c(Cl)c4)C3(Cl)Cl)ccc2Cl)cc1F. The van der Waals surface area contributed by atoms with Crippen LogP contribution in [0.25, 0.3) is 0 Å². The van der Waals surface area contributed by atoms with Crippen LogP contribution in [-0.2, 0) is 14.3 Å². The summed E-state index contributed by atoms with van der Waals surface area (Å²) >= 11 is 37.2. The monoisotopic (exact) mass is 739 g/mol. The molecule has 3 aromatic rings. The lowest BCUT2D eigenvalue weighted by molar-refractivity contribution is -0.117. The Morgan fingerprint density at radius 1 is 0.911 bits per heavy atom. The molecule has 1 saturated carbocycles. The number of benzene rings is 3. The third-order valence-corrected chi connectivity index (χ3v) is 8.89. The largest absolute Gasteiger partial charge is 0.443 e. The second-order valence-corrected chi connectivity index (χ2v) is 13.8. The highest BCUT2D eigenvalue weighted by Gasteiger charge is 2.67. The quantitative estimate of drug-likeness (QED) is 0.143. The molecular weight excluding hydrogens is 721 g/mol.